The number of sulfonamides is 1. The van der Waals surface area contributed by atoms with Crippen LogP contribution >= 0.6 is 0 Å². The Balaban J connectivity index is 1.62. The first-order valence-electron chi connectivity index (χ1n) is 9.31. The molecule has 146 valence electrons. The molecule has 1 saturated heterocycles. The van der Waals surface area contributed by atoms with Gasteiger partial charge in [0.2, 0.25) is 27.7 Å². The van der Waals surface area contributed by atoms with Gasteiger partial charge in [0.05, 0.1) is 0 Å². The standard InChI is InChI=1S/C17H28N4O4S/c1-4-5-13(26(18,23)24)16(22)21-8-6-17(7-9-21)10-12(17)15-20-19-14(25-15)11(2)3/h11-13H,4-10H2,1-3H3,(H2,18,23,24). The molecular formula is C17H28N4O4S. The largest absolute Gasteiger partial charge is 0.425 e. The summed E-state index contributed by atoms with van der Waals surface area (Å²) in [5.74, 6) is 1.46. The molecule has 2 fully saturated rings. The Morgan fingerprint density at radius 3 is 2.50 bits per heavy atom. The van der Waals surface area contributed by atoms with Crippen molar-refractivity contribution in [1.29, 1.82) is 0 Å². The minimum absolute atomic E-state index is 0.111. The predicted octanol–water partition coefficient (Wildman–Crippen LogP) is 1.75. The zero-order valence-electron chi connectivity index (χ0n) is 15.6. The molecule has 0 radical (unpaired) electrons. The minimum Gasteiger partial charge on any atom is -0.425 e. The highest BCUT2D eigenvalue weighted by molar-refractivity contribution is 7.90. The lowest BCUT2D eigenvalue weighted by molar-refractivity contribution is -0.132. The molecule has 1 aliphatic heterocycles. The quantitative estimate of drug-likeness (QED) is 0.798. The lowest BCUT2D eigenvalue weighted by Crippen LogP contribution is -2.48. The maximum atomic E-state index is 12.6. The van der Waals surface area contributed by atoms with E-state index in [1.54, 1.807) is 4.90 Å². The number of nitrogens with zero attached hydrogens (tertiary/aromatic N) is 3. The molecule has 8 nitrogen and oxygen atoms in total. The van der Waals surface area contributed by atoms with E-state index in [-0.39, 0.29) is 29.6 Å². The van der Waals surface area contributed by atoms with E-state index >= 15 is 0 Å². The first kappa shape index (κ1) is 19.3. The van der Waals surface area contributed by atoms with Crippen LogP contribution in [0.4, 0.5) is 0 Å². The molecular weight excluding hydrogens is 356 g/mol. The smallest absolute Gasteiger partial charge is 0.242 e. The van der Waals surface area contributed by atoms with Crippen LogP contribution in [0.5, 0.6) is 0 Å². The summed E-state index contributed by atoms with van der Waals surface area (Å²) >= 11 is 0. The highest BCUT2D eigenvalue weighted by Crippen LogP contribution is 2.64. The van der Waals surface area contributed by atoms with Gasteiger partial charge in [-0.15, -0.1) is 10.2 Å². The van der Waals surface area contributed by atoms with Gasteiger partial charge in [0.25, 0.3) is 0 Å². The third-order valence-corrected chi connectivity index (χ3v) is 6.96. The monoisotopic (exact) mass is 384 g/mol. The van der Waals surface area contributed by atoms with Gasteiger partial charge in [0.15, 0.2) is 5.25 Å². The first-order chi connectivity index (χ1) is 12.2. The lowest BCUT2D eigenvalue weighted by Gasteiger charge is -2.34. The number of likely N-dealkylation sites (tertiary alicyclic amines) is 1. The molecule has 2 unspecified atom stereocenters. The Kier molecular flexibility index (Phi) is 5.13. The number of hydrogen-bond donors (Lipinski definition) is 1. The molecule has 26 heavy (non-hydrogen) atoms. The highest BCUT2D eigenvalue weighted by atomic mass is 32.2. The number of carbonyl (C=O) groups excluding carboxylic acids is 1. The number of rotatable bonds is 6. The molecule has 0 aromatic carbocycles. The molecule has 1 spiro atoms. The molecule has 0 bridgehead atoms. The molecule has 2 aliphatic rings. The van der Waals surface area contributed by atoms with Gasteiger partial charge >= 0.3 is 0 Å². The van der Waals surface area contributed by atoms with Crippen LogP contribution in [0.1, 0.15) is 76.5 Å². The van der Waals surface area contributed by atoms with Crippen LogP contribution in [0.3, 0.4) is 0 Å². The number of piperidine rings is 1. The van der Waals surface area contributed by atoms with E-state index in [0.717, 1.165) is 19.3 Å². The topological polar surface area (TPSA) is 119 Å². The Hall–Kier alpha value is -1.48. The number of nitrogens with two attached hydrogens (primary N) is 1. The van der Waals surface area contributed by atoms with Crippen molar-refractivity contribution in [2.45, 2.75) is 70.0 Å². The zero-order valence-corrected chi connectivity index (χ0v) is 16.5. The van der Waals surface area contributed by atoms with Crippen LogP contribution in [0, 0.1) is 5.41 Å². The summed E-state index contributed by atoms with van der Waals surface area (Å²) in [7, 11) is -3.87. The zero-order chi connectivity index (χ0) is 19.1. The van der Waals surface area contributed by atoms with Crippen LogP contribution in [-0.2, 0) is 14.8 Å². The Morgan fingerprint density at radius 1 is 1.35 bits per heavy atom. The fourth-order valence-corrected chi connectivity index (χ4v) is 4.93. The van der Waals surface area contributed by atoms with Gasteiger partial charge < -0.3 is 9.32 Å². The number of aromatic nitrogens is 2. The van der Waals surface area contributed by atoms with Crippen molar-refractivity contribution in [2.75, 3.05) is 13.1 Å². The van der Waals surface area contributed by atoms with E-state index in [4.69, 9.17) is 9.56 Å². The summed E-state index contributed by atoms with van der Waals surface area (Å²) in [4.78, 5) is 14.3. The second-order valence-electron chi connectivity index (χ2n) is 7.94. The third kappa shape index (κ3) is 3.64. The van der Waals surface area contributed by atoms with Crippen LogP contribution < -0.4 is 5.14 Å². The van der Waals surface area contributed by atoms with Gasteiger partial charge in [0, 0.05) is 24.9 Å². The maximum Gasteiger partial charge on any atom is 0.242 e. The minimum atomic E-state index is -3.87. The summed E-state index contributed by atoms with van der Waals surface area (Å²) in [6.45, 7) is 6.98. The third-order valence-electron chi connectivity index (χ3n) is 5.73. The molecule has 2 atom stereocenters. The average molecular weight is 385 g/mol. The van der Waals surface area contributed by atoms with Crippen LogP contribution in [0.15, 0.2) is 4.42 Å². The van der Waals surface area contributed by atoms with Gasteiger partial charge in [0.1, 0.15) is 0 Å². The average Bonchev–Trinajstić information content (AvgIpc) is 3.05. The van der Waals surface area contributed by atoms with Crippen molar-refractivity contribution in [3.8, 4) is 0 Å². The van der Waals surface area contributed by atoms with E-state index in [1.807, 2.05) is 20.8 Å². The number of hydrogen-bond acceptors (Lipinski definition) is 6. The van der Waals surface area contributed by atoms with Crippen molar-refractivity contribution in [3.63, 3.8) is 0 Å². The van der Waals surface area contributed by atoms with Crippen molar-refractivity contribution < 1.29 is 17.6 Å². The van der Waals surface area contributed by atoms with Gasteiger partial charge in [-0.25, -0.2) is 13.6 Å². The van der Waals surface area contributed by atoms with Gasteiger partial charge in [-0.1, -0.05) is 27.2 Å². The van der Waals surface area contributed by atoms with Crippen molar-refractivity contribution in [3.05, 3.63) is 11.8 Å². The summed E-state index contributed by atoms with van der Waals surface area (Å²) < 4.78 is 29.3. The lowest BCUT2D eigenvalue weighted by atomic mass is 9.90. The first-order valence-corrected chi connectivity index (χ1v) is 10.9. The number of primary sulfonamides is 1. The SMILES string of the molecule is CCCC(C(=O)N1CCC2(CC1)CC2c1nnc(C(C)C)o1)S(N)(=O)=O. The molecule has 9 heteroatoms. The number of amides is 1. The van der Waals surface area contributed by atoms with Crippen molar-refractivity contribution >= 4 is 15.9 Å². The maximum absolute atomic E-state index is 12.6. The summed E-state index contributed by atoms with van der Waals surface area (Å²) in [6, 6.07) is 0. The fourth-order valence-electron chi connectivity index (χ4n) is 3.94. The van der Waals surface area contributed by atoms with E-state index in [9.17, 15) is 13.2 Å². The van der Waals surface area contributed by atoms with E-state index in [0.29, 0.717) is 31.3 Å². The molecule has 1 saturated carbocycles. The predicted molar refractivity (Wildman–Crippen MR) is 95.8 cm³/mol. The Morgan fingerprint density at radius 2 is 2.00 bits per heavy atom. The van der Waals surface area contributed by atoms with E-state index in [2.05, 4.69) is 10.2 Å². The van der Waals surface area contributed by atoms with E-state index < -0.39 is 15.3 Å². The second-order valence-corrected chi connectivity index (χ2v) is 9.69. The summed E-state index contributed by atoms with van der Waals surface area (Å²) in [6.07, 6.45) is 3.50. The summed E-state index contributed by atoms with van der Waals surface area (Å²) in [5.41, 5.74) is 0.111. The molecule has 1 aromatic heterocycles. The van der Waals surface area contributed by atoms with Crippen LogP contribution in [-0.4, -0.2) is 47.8 Å². The van der Waals surface area contributed by atoms with Crippen LogP contribution in [0.2, 0.25) is 0 Å². The van der Waals surface area contributed by atoms with Gasteiger partial charge in [-0.3, -0.25) is 4.79 Å². The normalized spacial score (nSPS) is 23.4. The summed E-state index contributed by atoms with van der Waals surface area (Å²) in [5, 5.41) is 12.4. The van der Waals surface area contributed by atoms with Crippen LogP contribution in [0.25, 0.3) is 0 Å². The van der Waals surface area contributed by atoms with Gasteiger partial charge in [-0.05, 0) is 31.1 Å². The van der Waals surface area contributed by atoms with Gasteiger partial charge in [-0.2, -0.15) is 0 Å². The number of carbonyl (C=O) groups is 1. The molecule has 1 aliphatic carbocycles. The molecule has 1 aromatic rings. The fraction of sp³-hybridized carbons (Fsp3) is 0.824. The van der Waals surface area contributed by atoms with Crippen molar-refractivity contribution in [1.82, 2.24) is 15.1 Å². The molecule has 2 heterocycles. The highest BCUT2D eigenvalue weighted by Gasteiger charge is 2.58. The molecule has 1 amide bonds. The van der Waals surface area contributed by atoms with Crippen molar-refractivity contribution in [2.24, 2.45) is 10.6 Å². The Bertz CT molecular complexity index is 765. The van der Waals surface area contributed by atoms with E-state index in [1.165, 1.54) is 0 Å². The molecule has 3 rings (SSSR count). The second kappa shape index (κ2) is 6.92. The Labute approximate surface area is 154 Å². The molecule has 2 N–H and O–H groups in total.